The lowest BCUT2D eigenvalue weighted by Gasteiger charge is -2.38. The molecule has 0 N–H and O–H groups in total. The molecule has 0 aromatic carbocycles. The molecule has 5 rings (SSSR count). The summed E-state index contributed by atoms with van der Waals surface area (Å²) in [4.78, 5) is 26.0. The van der Waals surface area contributed by atoms with Crippen LogP contribution in [0.4, 0.5) is 5.69 Å². The molecule has 2 fully saturated rings. The van der Waals surface area contributed by atoms with Crippen LogP contribution in [-0.2, 0) is 11.2 Å². The van der Waals surface area contributed by atoms with Crippen LogP contribution in [0.1, 0.15) is 30.5 Å². The zero-order valence-electron chi connectivity index (χ0n) is 16.7. The second kappa shape index (κ2) is 7.46. The first-order chi connectivity index (χ1) is 14.2. The molecule has 2 saturated heterocycles. The molecule has 150 valence electrons. The van der Waals surface area contributed by atoms with Gasteiger partial charge in [0.15, 0.2) is 5.65 Å². The second-order valence-corrected chi connectivity index (χ2v) is 8.22. The number of carbonyl (C=O) groups excluding carboxylic acids is 1. The van der Waals surface area contributed by atoms with Gasteiger partial charge in [-0.2, -0.15) is 5.10 Å². The summed E-state index contributed by atoms with van der Waals surface area (Å²) in [6, 6.07) is 8.58. The Morgan fingerprint density at radius 3 is 3.03 bits per heavy atom. The number of fused-ring (bicyclic) bond motifs is 2. The molecule has 0 saturated carbocycles. The predicted molar refractivity (Wildman–Crippen MR) is 111 cm³/mol. The summed E-state index contributed by atoms with van der Waals surface area (Å²) in [5.41, 5.74) is 4.37. The van der Waals surface area contributed by atoms with E-state index in [2.05, 4.69) is 43.9 Å². The first kappa shape index (κ1) is 18.1. The molecule has 3 aromatic heterocycles. The number of pyridine rings is 2. The van der Waals surface area contributed by atoms with E-state index in [1.807, 2.05) is 29.0 Å². The first-order valence-corrected chi connectivity index (χ1v) is 10.4. The van der Waals surface area contributed by atoms with Gasteiger partial charge in [0, 0.05) is 37.4 Å². The largest absolute Gasteiger partial charge is 0.366 e. The number of aromatic nitrogens is 4. The van der Waals surface area contributed by atoms with Crippen LogP contribution in [0, 0.1) is 12.8 Å². The number of rotatable bonds is 5. The Hall–Kier alpha value is -2.96. The van der Waals surface area contributed by atoms with E-state index in [-0.39, 0.29) is 5.92 Å². The van der Waals surface area contributed by atoms with Crippen molar-refractivity contribution in [2.75, 3.05) is 24.5 Å². The van der Waals surface area contributed by atoms with Gasteiger partial charge in [-0.3, -0.25) is 9.78 Å². The highest BCUT2D eigenvalue weighted by molar-refractivity contribution is 5.82. The topological polar surface area (TPSA) is 66.6 Å². The maximum absolute atomic E-state index is 12.9. The molecule has 1 unspecified atom stereocenters. The zero-order chi connectivity index (χ0) is 19.8. The van der Waals surface area contributed by atoms with Crippen LogP contribution in [-0.4, -0.2) is 56.1 Å². The summed E-state index contributed by atoms with van der Waals surface area (Å²) >= 11 is 0. The third-order valence-corrected chi connectivity index (χ3v) is 6.26. The van der Waals surface area contributed by atoms with E-state index in [1.165, 1.54) is 11.3 Å². The van der Waals surface area contributed by atoms with Gasteiger partial charge in [0.1, 0.15) is 6.33 Å². The molecule has 2 aliphatic heterocycles. The third-order valence-electron chi connectivity index (χ3n) is 6.26. The van der Waals surface area contributed by atoms with E-state index in [9.17, 15) is 4.79 Å². The van der Waals surface area contributed by atoms with Crippen LogP contribution in [0.15, 0.2) is 43.0 Å². The highest BCUT2D eigenvalue weighted by Gasteiger charge is 2.41. The Balaban J connectivity index is 1.20. The summed E-state index contributed by atoms with van der Waals surface area (Å²) in [6.45, 7) is 4.67. The van der Waals surface area contributed by atoms with Crippen LogP contribution in [0.25, 0.3) is 5.65 Å². The van der Waals surface area contributed by atoms with Crippen molar-refractivity contribution >= 4 is 17.2 Å². The Kier molecular flexibility index (Phi) is 4.66. The minimum atomic E-state index is 0.144. The highest BCUT2D eigenvalue weighted by Crippen LogP contribution is 2.32. The fourth-order valence-corrected chi connectivity index (χ4v) is 4.82. The van der Waals surface area contributed by atoms with Crippen molar-refractivity contribution in [1.82, 2.24) is 24.5 Å². The Morgan fingerprint density at radius 1 is 1.21 bits per heavy atom. The lowest BCUT2D eigenvalue weighted by molar-refractivity contribution is -0.132. The van der Waals surface area contributed by atoms with Gasteiger partial charge in [-0.25, -0.2) is 9.50 Å². The Bertz CT molecular complexity index is 1030. The first-order valence-electron chi connectivity index (χ1n) is 10.4. The van der Waals surface area contributed by atoms with Gasteiger partial charge in [0.2, 0.25) is 5.91 Å². The van der Waals surface area contributed by atoms with Crippen molar-refractivity contribution in [2.24, 2.45) is 5.92 Å². The number of hydrogen-bond acceptors (Lipinski definition) is 5. The Labute approximate surface area is 170 Å². The van der Waals surface area contributed by atoms with Crippen molar-refractivity contribution in [3.63, 3.8) is 0 Å². The predicted octanol–water partition coefficient (Wildman–Crippen LogP) is 2.49. The van der Waals surface area contributed by atoms with E-state index >= 15 is 0 Å². The van der Waals surface area contributed by atoms with Gasteiger partial charge in [0.25, 0.3) is 0 Å². The Morgan fingerprint density at radius 2 is 2.14 bits per heavy atom. The summed E-state index contributed by atoms with van der Waals surface area (Å²) in [6.07, 6.45) is 9.20. The molecule has 5 heterocycles. The molecule has 7 heteroatoms. The number of aryl methyl sites for hydroxylation is 2. The molecule has 2 aliphatic rings. The highest BCUT2D eigenvalue weighted by atomic mass is 16.2. The molecular weight excluding hydrogens is 364 g/mol. The van der Waals surface area contributed by atoms with Crippen molar-refractivity contribution in [1.29, 1.82) is 0 Å². The lowest BCUT2D eigenvalue weighted by Crippen LogP contribution is -2.51. The van der Waals surface area contributed by atoms with Crippen molar-refractivity contribution in [3.05, 3.63) is 54.2 Å². The van der Waals surface area contributed by atoms with Crippen LogP contribution >= 0.6 is 0 Å². The molecule has 0 spiro atoms. The van der Waals surface area contributed by atoms with Crippen LogP contribution in [0.3, 0.4) is 0 Å². The smallest absolute Gasteiger partial charge is 0.226 e. The average Bonchev–Trinajstić information content (AvgIpc) is 3.33. The van der Waals surface area contributed by atoms with Gasteiger partial charge >= 0.3 is 0 Å². The molecular formula is C22H26N6O. The minimum absolute atomic E-state index is 0.144. The van der Waals surface area contributed by atoms with E-state index in [1.54, 1.807) is 6.33 Å². The fraction of sp³-hybridized carbons (Fsp3) is 0.455. The quantitative estimate of drug-likeness (QED) is 0.670. The van der Waals surface area contributed by atoms with Crippen LogP contribution in [0.2, 0.25) is 0 Å². The molecule has 0 aliphatic carbocycles. The van der Waals surface area contributed by atoms with Gasteiger partial charge in [-0.15, -0.1) is 0 Å². The van der Waals surface area contributed by atoms with E-state index < -0.39 is 0 Å². The fourth-order valence-electron chi connectivity index (χ4n) is 4.82. The van der Waals surface area contributed by atoms with Crippen molar-refractivity contribution in [3.8, 4) is 0 Å². The van der Waals surface area contributed by atoms with E-state index in [0.29, 0.717) is 11.9 Å². The van der Waals surface area contributed by atoms with Crippen molar-refractivity contribution < 1.29 is 4.79 Å². The monoisotopic (exact) mass is 390 g/mol. The summed E-state index contributed by atoms with van der Waals surface area (Å²) < 4.78 is 1.90. The third kappa shape index (κ3) is 3.45. The van der Waals surface area contributed by atoms with Crippen LogP contribution in [0.5, 0.6) is 0 Å². The maximum atomic E-state index is 12.9. The zero-order valence-corrected chi connectivity index (χ0v) is 16.7. The maximum Gasteiger partial charge on any atom is 0.226 e. The van der Waals surface area contributed by atoms with Gasteiger partial charge in [-0.1, -0.05) is 6.07 Å². The summed E-state index contributed by atoms with van der Waals surface area (Å²) in [7, 11) is 0. The molecule has 7 nitrogen and oxygen atoms in total. The summed E-state index contributed by atoms with van der Waals surface area (Å²) in [5.74, 6) is 0.488. The summed E-state index contributed by atoms with van der Waals surface area (Å²) in [5, 5.41) is 4.31. The molecule has 0 bridgehead atoms. The molecule has 29 heavy (non-hydrogen) atoms. The van der Waals surface area contributed by atoms with E-state index in [0.717, 1.165) is 56.7 Å². The molecule has 2 atom stereocenters. The van der Waals surface area contributed by atoms with Gasteiger partial charge in [-0.05, 0) is 56.4 Å². The van der Waals surface area contributed by atoms with Gasteiger partial charge in [0.05, 0.1) is 17.9 Å². The van der Waals surface area contributed by atoms with Crippen molar-refractivity contribution in [2.45, 2.75) is 38.6 Å². The standard InChI is InChI=1S/C22H26N6O/c1-16-10-19(13-23-12-16)26-8-9-27-20(14-26)11-17(22(27)29)4-2-5-18-6-3-7-21-24-15-25-28(18)21/h3,6-7,10,12-13,15,17,20H,2,4-5,8-9,11,14H2,1H3/t17?,20-/m0/s1. The average molecular weight is 390 g/mol. The van der Waals surface area contributed by atoms with Gasteiger partial charge < -0.3 is 9.80 Å². The lowest BCUT2D eigenvalue weighted by atomic mass is 9.97. The SMILES string of the molecule is Cc1cncc(N2CCN3C(=O)C(CCCc4cccc5ncnn45)C[C@H]3C2)c1. The van der Waals surface area contributed by atoms with E-state index in [4.69, 9.17) is 0 Å². The number of nitrogens with zero attached hydrogens (tertiary/aromatic N) is 6. The second-order valence-electron chi connectivity index (χ2n) is 8.22. The molecule has 0 radical (unpaired) electrons. The molecule has 3 aromatic rings. The number of piperazine rings is 1. The number of amides is 1. The normalized spacial score (nSPS) is 21.8. The number of anilines is 1. The molecule has 1 amide bonds. The van der Waals surface area contributed by atoms with Crippen LogP contribution < -0.4 is 4.90 Å². The minimum Gasteiger partial charge on any atom is -0.366 e. The number of hydrogen-bond donors (Lipinski definition) is 0. The number of carbonyl (C=O) groups is 1.